The lowest BCUT2D eigenvalue weighted by Crippen LogP contribution is -2.35. The molecule has 3 rings (SSSR count). The first-order chi connectivity index (χ1) is 9.40. The third-order valence-corrected chi connectivity index (χ3v) is 4.92. The minimum atomic E-state index is -0.787. The number of nitrogens with zero attached hydrogens (tertiary/aromatic N) is 3. The number of aromatic nitrogens is 2. The molecule has 1 saturated heterocycles. The van der Waals surface area contributed by atoms with Gasteiger partial charge in [0, 0.05) is 37.3 Å². The fourth-order valence-electron chi connectivity index (χ4n) is 3.38. The van der Waals surface area contributed by atoms with E-state index in [2.05, 4.69) is 5.10 Å². The Morgan fingerprint density at radius 3 is 2.75 bits per heavy atom. The maximum Gasteiger partial charge on any atom is 0.274 e. The van der Waals surface area contributed by atoms with Crippen LogP contribution in [0, 0.1) is 5.92 Å². The Labute approximate surface area is 119 Å². The first-order valence-electron chi connectivity index (χ1n) is 7.46. The summed E-state index contributed by atoms with van der Waals surface area (Å²) >= 11 is 0. The standard InChI is InChI=1S/C15H23N3O2/c1-10-8-18(9-15(10,2)20)14(19)13-11-6-4-5-7-12(11)17(3)16-13/h10,20H,4-9H2,1-3H3/t10-,15+/m1/s1. The molecule has 2 heterocycles. The second-order valence-corrected chi connectivity index (χ2v) is 6.55. The van der Waals surface area contributed by atoms with Crippen LogP contribution in [0.3, 0.4) is 0 Å². The van der Waals surface area contributed by atoms with Crippen LogP contribution in [0.4, 0.5) is 0 Å². The first kappa shape index (κ1) is 13.6. The van der Waals surface area contributed by atoms with Crippen LogP contribution in [0.25, 0.3) is 0 Å². The van der Waals surface area contributed by atoms with Crippen LogP contribution in [0.15, 0.2) is 0 Å². The lowest BCUT2D eigenvalue weighted by molar-refractivity contribution is 0.0350. The van der Waals surface area contributed by atoms with Crippen molar-refractivity contribution in [1.82, 2.24) is 14.7 Å². The highest BCUT2D eigenvalue weighted by Crippen LogP contribution is 2.30. The van der Waals surface area contributed by atoms with Gasteiger partial charge in [-0.1, -0.05) is 6.92 Å². The van der Waals surface area contributed by atoms with E-state index in [1.54, 1.807) is 11.8 Å². The Kier molecular flexibility index (Phi) is 3.12. The molecule has 2 atom stereocenters. The third-order valence-electron chi connectivity index (χ3n) is 4.92. The molecule has 5 nitrogen and oxygen atoms in total. The SMILES string of the molecule is C[C@@H]1CN(C(=O)c2nn(C)c3c2CCCC3)C[C@]1(C)O. The van der Waals surface area contributed by atoms with E-state index in [1.807, 2.05) is 18.7 Å². The summed E-state index contributed by atoms with van der Waals surface area (Å²) in [5.41, 5.74) is 2.15. The van der Waals surface area contributed by atoms with Crippen molar-refractivity contribution in [3.8, 4) is 0 Å². The van der Waals surface area contributed by atoms with Gasteiger partial charge in [0.2, 0.25) is 0 Å². The van der Waals surface area contributed by atoms with Gasteiger partial charge in [0.15, 0.2) is 5.69 Å². The zero-order valence-electron chi connectivity index (χ0n) is 12.5. The number of hydrogen-bond donors (Lipinski definition) is 1. The number of aliphatic hydroxyl groups is 1. The summed E-state index contributed by atoms with van der Waals surface area (Å²) in [4.78, 5) is 14.5. The number of β-amino-alcohol motifs (C(OH)–C–C–N with tert-alkyl or cyclic N) is 1. The molecule has 0 saturated carbocycles. The summed E-state index contributed by atoms with van der Waals surface area (Å²) in [6, 6.07) is 0. The average Bonchev–Trinajstić information content (AvgIpc) is 2.88. The van der Waals surface area contributed by atoms with Gasteiger partial charge in [-0.05, 0) is 32.6 Å². The fraction of sp³-hybridized carbons (Fsp3) is 0.733. The van der Waals surface area contributed by atoms with E-state index in [1.165, 1.54) is 12.1 Å². The van der Waals surface area contributed by atoms with Gasteiger partial charge in [-0.2, -0.15) is 5.10 Å². The first-order valence-corrected chi connectivity index (χ1v) is 7.46. The topological polar surface area (TPSA) is 58.4 Å². The van der Waals surface area contributed by atoms with Crippen molar-refractivity contribution in [2.75, 3.05) is 13.1 Å². The van der Waals surface area contributed by atoms with Crippen LogP contribution in [0.1, 0.15) is 48.4 Å². The molecule has 20 heavy (non-hydrogen) atoms. The van der Waals surface area contributed by atoms with E-state index in [-0.39, 0.29) is 11.8 Å². The van der Waals surface area contributed by atoms with Crippen LogP contribution >= 0.6 is 0 Å². The summed E-state index contributed by atoms with van der Waals surface area (Å²) < 4.78 is 1.86. The molecule has 2 aliphatic rings. The molecule has 5 heteroatoms. The van der Waals surface area contributed by atoms with Crippen molar-refractivity contribution in [3.63, 3.8) is 0 Å². The number of hydrogen-bond acceptors (Lipinski definition) is 3. The van der Waals surface area contributed by atoms with Gasteiger partial charge in [0.05, 0.1) is 5.60 Å². The quantitative estimate of drug-likeness (QED) is 0.837. The molecule has 1 aromatic rings. The molecule has 1 aromatic heterocycles. The molecule has 0 radical (unpaired) electrons. The van der Waals surface area contributed by atoms with Crippen LogP contribution in [-0.4, -0.2) is 44.4 Å². The number of carbonyl (C=O) groups is 1. The normalized spacial score (nSPS) is 29.6. The predicted molar refractivity (Wildman–Crippen MR) is 75.5 cm³/mol. The third kappa shape index (κ3) is 2.04. The van der Waals surface area contributed by atoms with Crippen LogP contribution in [0.5, 0.6) is 0 Å². The Balaban J connectivity index is 1.89. The van der Waals surface area contributed by atoms with E-state index < -0.39 is 5.60 Å². The Hall–Kier alpha value is -1.36. The van der Waals surface area contributed by atoms with Crippen LogP contribution in [0.2, 0.25) is 0 Å². The van der Waals surface area contributed by atoms with Gasteiger partial charge in [0.25, 0.3) is 5.91 Å². The molecule has 1 aliphatic heterocycles. The molecule has 0 spiro atoms. The van der Waals surface area contributed by atoms with Gasteiger partial charge in [-0.3, -0.25) is 9.48 Å². The molecule has 1 aliphatic carbocycles. The molecule has 0 aromatic carbocycles. The summed E-state index contributed by atoms with van der Waals surface area (Å²) in [7, 11) is 1.92. The number of fused-ring (bicyclic) bond motifs is 1. The van der Waals surface area contributed by atoms with Crippen molar-refractivity contribution in [2.24, 2.45) is 13.0 Å². The Morgan fingerprint density at radius 1 is 1.40 bits per heavy atom. The van der Waals surface area contributed by atoms with E-state index in [0.29, 0.717) is 18.8 Å². The highest BCUT2D eigenvalue weighted by molar-refractivity contribution is 5.94. The van der Waals surface area contributed by atoms with E-state index in [9.17, 15) is 9.90 Å². The van der Waals surface area contributed by atoms with Gasteiger partial charge in [0.1, 0.15) is 0 Å². The second-order valence-electron chi connectivity index (χ2n) is 6.55. The molecule has 1 fully saturated rings. The predicted octanol–water partition coefficient (Wildman–Crippen LogP) is 1.14. The zero-order chi connectivity index (χ0) is 14.5. The van der Waals surface area contributed by atoms with Crippen molar-refractivity contribution in [3.05, 3.63) is 17.0 Å². The smallest absolute Gasteiger partial charge is 0.274 e. The van der Waals surface area contributed by atoms with Gasteiger partial charge < -0.3 is 10.0 Å². The molecule has 110 valence electrons. The van der Waals surface area contributed by atoms with Crippen molar-refractivity contribution >= 4 is 5.91 Å². The second kappa shape index (κ2) is 4.58. The van der Waals surface area contributed by atoms with Gasteiger partial charge >= 0.3 is 0 Å². The van der Waals surface area contributed by atoms with E-state index in [0.717, 1.165) is 24.8 Å². The lowest BCUT2D eigenvalue weighted by Gasteiger charge is -2.20. The maximum absolute atomic E-state index is 12.7. The fourth-order valence-corrected chi connectivity index (χ4v) is 3.38. The molecule has 0 unspecified atom stereocenters. The lowest BCUT2D eigenvalue weighted by atomic mass is 9.95. The van der Waals surface area contributed by atoms with Crippen LogP contribution in [-0.2, 0) is 19.9 Å². The van der Waals surface area contributed by atoms with Gasteiger partial charge in [-0.15, -0.1) is 0 Å². The van der Waals surface area contributed by atoms with Gasteiger partial charge in [-0.25, -0.2) is 0 Å². The molecule has 0 bridgehead atoms. The summed E-state index contributed by atoms with van der Waals surface area (Å²) in [5, 5.41) is 14.7. The van der Waals surface area contributed by atoms with Crippen molar-refractivity contribution in [1.29, 1.82) is 0 Å². The van der Waals surface area contributed by atoms with E-state index >= 15 is 0 Å². The summed E-state index contributed by atoms with van der Waals surface area (Å²) in [6.07, 6.45) is 4.27. The Bertz CT molecular complexity index is 548. The molecule has 1 amide bonds. The monoisotopic (exact) mass is 277 g/mol. The highest BCUT2D eigenvalue weighted by Gasteiger charge is 2.42. The molecular formula is C15H23N3O2. The minimum Gasteiger partial charge on any atom is -0.388 e. The van der Waals surface area contributed by atoms with Crippen molar-refractivity contribution in [2.45, 2.75) is 45.1 Å². The maximum atomic E-state index is 12.7. The summed E-state index contributed by atoms with van der Waals surface area (Å²) in [6.45, 7) is 4.80. The minimum absolute atomic E-state index is 0.0200. The molecule has 1 N–H and O–H groups in total. The average molecular weight is 277 g/mol. The Morgan fingerprint density at radius 2 is 2.10 bits per heavy atom. The summed E-state index contributed by atoms with van der Waals surface area (Å²) in [5.74, 6) is 0.0827. The number of likely N-dealkylation sites (tertiary alicyclic amines) is 1. The molecular weight excluding hydrogens is 254 g/mol. The highest BCUT2D eigenvalue weighted by atomic mass is 16.3. The zero-order valence-corrected chi connectivity index (χ0v) is 12.5. The number of rotatable bonds is 1. The van der Waals surface area contributed by atoms with Crippen LogP contribution < -0.4 is 0 Å². The number of amides is 1. The number of aryl methyl sites for hydroxylation is 1. The number of carbonyl (C=O) groups excluding carboxylic acids is 1. The largest absolute Gasteiger partial charge is 0.388 e. The van der Waals surface area contributed by atoms with Crippen molar-refractivity contribution < 1.29 is 9.90 Å². The van der Waals surface area contributed by atoms with E-state index in [4.69, 9.17) is 0 Å².